The van der Waals surface area contributed by atoms with Crippen LogP contribution in [0.15, 0.2) is 24.3 Å². The number of hydrogen-bond acceptors (Lipinski definition) is 4. The van der Waals surface area contributed by atoms with Crippen LogP contribution in [0, 0.1) is 5.92 Å². The molecule has 2 aliphatic heterocycles. The third kappa shape index (κ3) is 4.22. The van der Waals surface area contributed by atoms with Crippen LogP contribution in [0.3, 0.4) is 0 Å². The number of likely N-dealkylation sites (tertiary alicyclic amines) is 1. The lowest BCUT2D eigenvalue weighted by molar-refractivity contribution is 0.0862. The van der Waals surface area contributed by atoms with E-state index < -0.39 is 0 Å². The molecule has 3 rings (SSSR count). The minimum atomic E-state index is 0.748. The van der Waals surface area contributed by atoms with E-state index in [1.54, 1.807) is 7.11 Å². The molecule has 2 saturated heterocycles. The first kappa shape index (κ1) is 17.6. The van der Waals surface area contributed by atoms with Gasteiger partial charge in [0.25, 0.3) is 0 Å². The van der Waals surface area contributed by atoms with Gasteiger partial charge in [-0.25, -0.2) is 0 Å². The normalized spacial score (nSPS) is 23.7. The number of methoxy groups -OCH3 is 1. The average molecular weight is 332 g/mol. The molecule has 2 aliphatic rings. The number of nitrogens with zero attached hydrogens (tertiary/aromatic N) is 3. The van der Waals surface area contributed by atoms with E-state index in [9.17, 15) is 0 Å². The first-order valence-corrected chi connectivity index (χ1v) is 9.51. The van der Waals surface area contributed by atoms with E-state index in [0.717, 1.165) is 43.9 Å². The number of benzene rings is 1. The Kier molecular flexibility index (Phi) is 6.01. The van der Waals surface area contributed by atoms with Crippen molar-refractivity contribution in [1.82, 2.24) is 9.80 Å². The molecule has 134 valence electrons. The summed E-state index contributed by atoms with van der Waals surface area (Å²) in [6.45, 7) is 13.0. The standard InChI is InChI=1S/C20H33N3O/c1-17(2)15-21-10-6-7-18(16-21)22-11-13-23(14-12-22)19-8-4-5-9-20(19)24-3/h4-5,8-9,17-18H,6-7,10-16H2,1-3H3. The summed E-state index contributed by atoms with van der Waals surface area (Å²) in [5, 5.41) is 0. The highest BCUT2D eigenvalue weighted by Crippen LogP contribution is 2.29. The van der Waals surface area contributed by atoms with Gasteiger partial charge in [0.15, 0.2) is 0 Å². The summed E-state index contributed by atoms with van der Waals surface area (Å²) >= 11 is 0. The van der Waals surface area contributed by atoms with Gasteiger partial charge in [-0.2, -0.15) is 0 Å². The zero-order valence-electron chi connectivity index (χ0n) is 15.6. The van der Waals surface area contributed by atoms with E-state index in [1.165, 1.54) is 38.2 Å². The Hall–Kier alpha value is -1.26. The molecular weight excluding hydrogens is 298 g/mol. The van der Waals surface area contributed by atoms with Crippen LogP contribution >= 0.6 is 0 Å². The summed E-state index contributed by atoms with van der Waals surface area (Å²) in [6, 6.07) is 9.14. The highest BCUT2D eigenvalue weighted by atomic mass is 16.5. The maximum absolute atomic E-state index is 5.53. The molecule has 2 heterocycles. The fourth-order valence-electron chi connectivity index (χ4n) is 4.23. The Morgan fingerprint density at radius 1 is 1.08 bits per heavy atom. The summed E-state index contributed by atoms with van der Waals surface area (Å²) in [5.74, 6) is 1.76. The van der Waals surface area contributed by atoms with Gasteiger partial charge in [0.2, 0.25) is 0 Å². The highest BCUT2D eigenvalue weighted by molar-refractivity contribution is 5.58. The molecule has 0 spiro atoms. The van der Waals surface area contributed by atoms with Crippen molar-refractivity contribution in [3.8, 4) is 5.75 Å². The number of para-hydroxylation sites is 2. The second-order valence-electron chi connectivity index (χ2n) is 7.64. The van der Waals surface area contributed by atoms with Gasteiger partial charge in [-0.3, -0.25) is 4.90 Å². The van der Waals surface area contributed by atoms with Crippen LogP contribution in [0.4, 0.5) is 5.69 Å². The molecule has 0 aliphatic carbocycles. The lowest BCUT2D eigenvalue weighted by Gasteiger charge is -2.44. The van der Waals surface area contributed by atoms with Crippen molar-refractivity contribution in [1.29, 1.82) is 0 Å². The minimum absolute atomic E-state index is 0.748. The van der Waals surface area contributed by atoms with Crippen molar-refractivity contribution < 1.29 is 4.74 Å². The zero-order chi connectivity index (χ0) is 16.9. The van der Waals surface area contributed by atoms with Crippen molar-refractivity contribution in [2.75, 3.05) is 57.8 Å². The first-order chi connectivity index (χ1) is 11.7. The Bertz CT molecular complexity index is 511. The van der Waals surface area contributed by atoms with Gasteiger partial charge in [-0.05, 0) is 37.4 Å². The summed E-state index contributed by atoms with van der Waals surface area (Å²) < 4.78 is 5.53. The summed E-state index contributed by atoms with van der Waals surface area (Å²) in [6.07, 6.45) is 2.72. The summed E-state index contributed by atoms with van der Waals surface area (Å²) in [4.78, 5) is 7.87. The van der Waals surface area contributed by atoms with Crippen LogP contribution in [-0.2, 0) is 0 Å². The quantitative estimate of drug-likeness (QED) is 0.826. The van der Waals surface area contributed by atoms with Crippen molar-refractivity contribution >= 4 is 5.69 Å². The molecule has 4 nitrogen and oxygen atoms in total. The van der Waals surface area contributed by atoms with Gasteiger partial charge in [-0.1, -0.05) is 26.0 Å². The number of ether oxygens (including phenoxy) is 1. The third-order valence-electron chi connectivity index (χ3n) is 5.36. The first-order valence-electron chi connectivity index (χ1n) is 9.51. The molecule has 1 aromatic rings. The van der Waals surface area contributed by atoms with Crippen molar-refractivity contribution in [3.63, 3.8) is 0 Å². The van der Waals surface area contributed by atoms with E-state index in [0.29, 0.717) is 0 Å². The fourth-order valence-corrected chi connectivity index (χ4v) is 4.23. The van der Waals surface area contributed by atoms with Crippen LogP contribution in [0.2, 0.25) is 0 Å². The molecule has 0 saturated carbocycles. The van der Waals surface area contributed by atoms with E-state index in [2.05, 4.69) is 46.7 Å². The third-order valence-corrected chi connectivity index (χ3v) is 5.36. The molecule has 4 heteroatoms. The topological polar surface area (TPSA) is 19.0 Å². The van der Waals surface area contributed by atoms with Crippen molar-refractivity contribution in [2.24, 2.45) is 5.92 Å². The van der Waals surface area contributed by atoms with E-state index >= 15 is 0 Å². The van der Waals surface area contributed by atoms with Crippen molar-refractivity contribution in [2.45, 2.75) is 32.7 Å². The fraction of sp³-hybridized carbons (Fsp3) is 0.700. The second-order valence-corrected chi connectivity index (χ2v) is 7.64. The molecule has 1 atom stereocenters. The van der Waals surface area contributed by atoms with Gasteiger partial charge in [0.05, 0.1) is 12.8 Å². The number of hydrogen-bond donors (Lipinski definition) is 0. The van der Waals surface area contributed by atoms with Gasteiger partial charge in [-0.15, -0.1) is 0 Å². The number of anilines is 1. The second kappa shape index (κ2) is 8.21. The van der Waals surface area contributed by atoms with Gasteiger partial charge < -0.3 is 14.5 Å². The summed E-state index contributed by atoms with van der Waals surface area (Å²) in [7, 11) is 1.76. The predicted molar refractivity (Wildman–Crippen MR) is 101 cm³/mol. The maximum Gasteiger partial charge on any atom is 0.142 e. The smallest absolute Gasteiger partial charge is 0.142 e. The molecule has 1 aromatic carbocycles. The lowest BCUT2D eigenvalue weighted by Crippen LogP contribution is -2.55. The molecule has 0 aromatic heterocycles. The number of piperidine rings is 1. The van der Waals surface area contributed by atoms with Gasteiger partial charge in [0.1, 0.15) is 5.75 Å². The Morgan fingerprint density at radius 2 is 1.83 bits per heavy atom. The molecule has 0 amide bonds. The SMILES string of the molecule is COc1ccccc1N1CCN(C2CCCN(CC(C)C)C2)CC1. The Morgan fingerprint density at radius 3 is 2.54 bits per heavy atom. The Balaban J connectivity index is 1.55. The zero-order valence-corrected chi connectivity index (χ0v) is 15.6. The van der Waals surface area contributed by atoms with Gasteiger partial charge in [0, 0.05) is 45.3 Å². The van der Waals surface area contributed by atoms with E-state index in [4.69, 9.17) is 4.74 Å². The summed E-state index contributed by atoms with van der Waals surface area (Å²) in [5.41, 5.74) is 1.24. The molecule has 0 radical (unpaired) electrons. The van der Waals surface area contributed by atoms with Crippen LogP contribution in [0.25, 0.3) is 0 Å². The predicted octanol–water partition coefficient (Wildman–Crippen LogP) is 2.94. The lowest BCUT2D eigenvalue weighted by atomic mass is 10.0. The van der Waals surface area contributed by atoms with Crippen LogP contribution in [0.1, 0.15) is 26.7 Å². The minimum Gasteiger partial charge on any atom is -0.495 e. The number of piperazine rings is 1. The van der Waals surface area contributed by atoms with E-state index in [-0.39, 0.29) is 0 Å². The molecule has 0 bridgehead atoms. The van der Waals surface area contributed by atoms with Crippen LogP contribution in [-0.4, -0.2) is 68.8 Å². The van der Waals surface area contributed by atoms with Crippen LogP contribution in [0.5, 0.6) is 5.75 Å². The molecule has 24 heavy (non-hydrogen) atoms. The number of rotatable bonds is 5. The monoisotopic (exact) mass is 331 g/mol. The van der Waals surface area contributed by atoms with Crippen molar-refractivity contribution in [3.05, 3.63) is 24.3 Å². The largest absolute Gasteiger partial charge is 0.495 e. The average Bonchev–Trinajstić information content (AvgIpc) is 2.61. The van der Waals surface area contributed by atoms with E-state index in [1.807, 2.05) is 6.07 Å². The molecule has 1 unspecified atom stereocenters. The van der Waals surface area contributed by atoms with Gasteiger partial charge >= 0.3 is 0 Å². The molecular formula is C20H33N3O. The highest BCUT2D eigenvalue weighted by Gasteiger charge is 2.28. The molecule has 0 N–H and O–H groups in total. The molecule has 2 fully saturated rings. The maximum atomic E-state index is 5.53. The van der Waals surface area contributed by atoms with Crippen LogP contribution < -0.4 is 9.64 Å². The Labute approximate surface area is 147 Å².